The standard InChI is InChI=1S/C29H35N3O2/c1-6-23-9-7-8-10-24(23)12-11-20(2)27-16-26(27)18-34-29-28(17-30-22(4)31-29)25-13-14-33-19-32(5)21(3)15-25/h6-13,15,17,26-27H,14,16,18-19H2,1-5H3/b20-11+,21-15-,23-6-,24-12-,25-13+/t26-,27-/m1/s1. The minimum absolute atomic E-state index is 0.513. The Balaban J connectivity index is 1.46. The maximum Gasteiger partial charge on any atom is 0.224 e. The Morgan fingerprint density at radius 1 is 1.24 bits per heavy atom. The van der Waals surface area contributed by atoms with Crippen LogP contribution in [-0.2, 0) is 4.74 Å². The summed E-state index contributed by atoms with van der Waals surface area (Å²) >= 11 is 0. The molecule has 5 heteroatoms. The van der Waals surface area contributed by atoms with Gasteiger partial charge in [0.2, 0.25) is 5.88 Å². The maximum atomic E-state index is 6.29. The quantitative estimate of drug-likeness (QED) is 0.650. The molecule has 0 N–H and O–H groups in total. The van der Waals surface area contributed by atoms with Crippen LogP contribution < -0.4 is 15.2 Å². The van der Waals surface area contributed by atoms with Gasteiger partial charge in [-0.15, -0.1) is 0 Å². The summed E-state index contributed by atoms with van der Waals surface area (Å²) in [6, 6.07) is 8.48. The second-order valence-corrected chi connectivity index (χ2v) is 9.19. The molecule has 4 rings (SSSR count). The molecule has 2 aromatic rings. The van der Waals surface area contributed by atoms with Gasteiger partial charge in [0.1, 0.15) is 12.6 Å². The Kier molecular flexibility index (Phi) is 7.63. The zero-order chi connectivity index (χ0) is 24.1. The van der Waals surface area contributed by atoms with Gasteiger partial charge in [0.25, 0.3) is 0 Å². The molecule has 1 aliphatic carbocycles. The van der Waals surface area contributed by atoms with Crippen LogP contribution in [0.5, 0.6) is 5.88 Å². The monoisotopic (exact) mass is 457 g/mol. The summed E-state index contributed by atoms with van der Waals surface area (Å²) in [6.45, 7) is 10.1. The molecule has 0 radical (unpaired) electrons. The summed E-state index contributed by atoms with van der Waals surface area (Å²) in [5.74, 6) is 2.44. The predicted molar refractivity (Wildman–Crippen MR) is 138 cm³/mol. The minimum atomic E-state index is 0.513. The van der Waals surface area contributed by atoms with E-state index in [-0.39, 0.29) is 0 Å². The van der Waals surface area contributed by atoms with Crippen LogP contribution in [0.3, 0.4) is 0 Å². The number of benzene rings is 1. The van der Waals surface area contributed by atoms with Gasteiger partial charge in [0.15, 0.2) is 0 Å². The topological polar surface area (TPSA) is 47.5 Å². The van der Waals surface area contributed by atoms with Crippen LogP contribution in [0.1, 0.15) is 38.6 Å². The van der Waals surface area contributed by atoms with Crippen molar-refractivity contribution in [3.8, 4) is 5.88 Å². The summed E-state index contributed by atoms with van der Waals surface area (Å²) in [6.07, 6.45) is 13.9. The van der Waals surface area contributed by atoms with Gasteiger partial charge in [-0.1, -0.05) is 54.1 Å². The number of nitrogens with zero attached hydrogens (tertiary/aromatic N) is 3. The van der Waals surface area contributed by atoms with Gasteiger partial charge in [-0.05, 0) is 62.1 Å². The fourth-order valence-corrected chi connectivity index (χ4v) is 4.23. The SMILES string of the molecule is C/C=c1/cccc/c1=C/C=C(\C)[C@H]1C[C@@H]1COc1nc(C)ncc1C1=C/COCN(C)/C(C)=C\1. The van der Waals surface area contributed by atoms with E-state index in [0.29, 0.717) is 43.5 Å². The molecular weight excluding hydrogens is 422 g/mol. The van der Waals surface area contributed by atoms with Crippen molar-refractivity contribution in [2.75, 3.05) is 27.0 Å². The number of aromatic nitrogens is 2. The van der Waals surface area contributed by atoms with Crippen molar-refractivity contribution in [2.45, 2.75) is 34.1 Å². The first-order valence-electron chi connectivity index (χ1n) is 12.0. The summed E-state index contributed by atoms with van der Waals surface area (Å²) in [7, 11) is 2.03. The summed E-state index contributed by atoms with van der Waals surface area (Å²) < 4.78 is 12.0. The minimum Gasteiger partial charge on any atom is -0.477 e. The zero-order valence-electron chi connectivity index (χ0n) is 20.9. The van der Waals surface area contributed by atoms with E-state index in [1.54, 1.807) is 0 Å². The van der Waals surface area contributed by atoms with Crippen LogP contribution in [0.25, 0.3) is 17.7 Å². The van der Waals surface area contributed by atoms with E-state index >= 15 is 0 Å². The van der Waals surface area contributed by atoms with E-state index in [2.05, 4.69) is 90.3 Å². The molecule has 1 aromatic carbocycles. The average molecular weight is 458 g/mol. The second kappa shape index (κ2) is 10.8. The molecule has 1 fully saturated rings. The maximum absolute atomic E-state index is 6.29. The van der Waals surface area contributed by atoms with Crippen LogP contribution in [-0.4, -0.2) is 41.9 Å². The van der Waals surface area contributed by atoms with Crippen molar-refractivity contribution in [2.24, 2.45) is 11.8 Å². The van der Waals surface area contributed by atoms with E-state index in [1.807, 2.05) is 20.2 Å². The number of hydrogen-bond donors (Lipinski definition) is 0. The summed E-state index contributed by atoms with van der Waals surface area (Å²) in [5, 5.41) is 2.52. The average Bonchev–Trinajstić information content (AvgIpc) is 3.62. The molecule has 1 aromatic heterocycles. The smallest absolute Gasteiger partial charge is 0.224 e. The molecule has 0 bridgehead atoms. The number of hydrogen-bond acceptors (Lipinski definition) is 5. The number of ether oxygens (including phenoxy) is 2. The lowest BCUT2D eigenvalue weighted by Gasteiger charge is -2.22. The summed E-state index contributed by atoms with van der Waals surface area (Å²) in [5.41, 5.74) is 4.47. The van der Waals surface area contributed by atoms with Crippen molar-refractivity contribution in [1.82, 2.24) is 14.9 Å². The molecule has 5 nitrogen and oxygen atoms in total. The van der Waals surface area contributed by atoms with Crippen LogP contribution in [0.15, 0.2) is 60.0 Å². The Bertz CT molecular complexity index is 1240. The van der Waals surface area contributed by atoms with E-state index < -0.39 is 0 Å². The van der Waals surface area contributed by atoms with E-state index in [9.17, 15) is 0 Å². The van der Waals surface area contributed by atoms with Gasteiger partial charge < -0.3 is 14.4 Å². The third-order valence-corrected chi connectivity index (χ3v) is 6.63. The normalized spacial score (nSPS) is 25.2. The predicted octanol–water partition coefficient (Wildman–Crippen LogP) is 4.23. The number of rotatable bonds is 6. The Labute approximate surface area is 202 Å². The molecule has 2 aliphatic rings. The highest BCUT2D eigenvalue weighted by atomic mass is 16.5. The van der Waals surface area contributed by atoms with Gasteiger partial charge in [0.05, 0.1) is 18.8 Å². The third kappa shape index (κ3) is 5.84. The van der Waals surface area contributed by atoms with Crippen molar-refractivity contribution in [1.29, 1.82) is 0 Å². The lowest BCUT2D eigenvalue weighted by Crippen LogP contribution is -2.22. The second-order valence-electron chi connectivity index (χ2n) is 9.19. The van der Waals surface area contributed by atoms with Crippen molar-refractivity contribution < 1.29 is 9.47 Å². The fraction of sp³-hybridized carbons (Fsp3) is 0.379. The third-order valence-electron chi connectivity index (χ3n) is 6.63. The van der Waals surface area contributed by atoms with Crippen molar-refractivity contribution in [3.05, 3.63) is 81.8 Å². The first-order chi connectivity index (χ1) is 16.5. The van der Waals surface area contributed by atoms with Gasteiger partial charge in [0, 0.05) is 24.9 Å². The molecule has 1 saturated carbocycles. The lowest BCUT2D eigenvalue weighted by molar-refractivity contribution is 0.0783. The fourth-order valence-electron chi connectivity index (χ4n) is 4.23. The van der Waals surface area contributed by atoms with E-state index in [1.165, 1.54) is 16.0 Å². The molecule has 178 valence electrons. The molecule has 0 saturated heterocycles. The zero-order valence-corrected chi connectivity index (χ0v) is 20.9. The first kappa shape index (κ1) is 24.0. The van der Waals surface area contributed by atoms with Crippen LogP contribution >= 0.6 is 0 Å². The Hall–Kier alpha value is -3.18. The first-order valence-corrected chi connectivity index (χ1v) is 12.0. The highest BCUT2D eigenvalue weighted by Crippen LogP contribution is 2.44. The molecule has 1 aliphatic heterocycles. The van der Waals surface area contributed by atoms with Gasteiger partial charge in [-0.3, -0.25) is 0 Å². The molecule has 0 spiro atoms. The molecule has 2 atom stereocenters. The van der Waals surface area contributed by atoms with E-state index in [4.69, 9.17) is 9.47 Å². The van der Waals surface area contributed by atoms with Gasteiger partial charge in [-0.25, -0.2) is 4.98 Å². The highest BCUT2D eigenvalue weighted by molar-refractivity contribution is 5.77. The number of aryl methyl sites for hydroxylation is 1. The molecule has 34 heavy (non-hydrogen) atoms. The highest BCUT2D eigenvalue weighted by Gasteiger charge is 2.38. The van der Waals surface area contributed by atoms with Crippen LogP contribution in [0.2, 0.25) is 0 Å². The molecular formula is C29H35N3O2. The number of allylic oxidation sites excluding steroid dienone is 5. The Morgan fingerprint density at radius 2 is 2.03 bits per heavy atom. The van der Waals surface area contributed by atoms with E-state index in [0.717, 1.165) is 23.3 Å². The van der Waals surface area contributed by atoms with Gasteiger partial charge in [-0.2, -0.15) is 4.98 Å². The van der Waals surface area contributed by atoms with Crippen LogP contribution in [0, 0.1) is 18.8 Å². The van der Waals surface area contributed by atoms with Crippen molar-refractivity contribution in [3.63, 3.8) is 0 Å². The lowest BCUT2D eigenvalue weighted by atomic mass is 10.1. The van der Waals surface area contributed by atoms with Crippen LogP contribution in [0.4, 0.5) is 0 Å². The molecule has 0 amide bonds. The molecule has 2 heterocycles. The van der Waals surface area contributed by atoms with Gasteiger partial charge >= 0.3 is 0 Å². The Morgan fingerprint density at radius 3 is 2.82 bits per heavy atom. The molecule has 0 unspecified atom stereocenters. The largest absolute Gasteiger partial charge is 0.477 e. The van der Waals surface area contributed by atoms with Crippen molar-refractivity contribution >= 4 is 17.7 Å². The summed E-state index contributed by atoms with van der Waals surface area (Å²) in [4.78, 5) is 11.1.